The number of rotatable bonds is 5. The van der Waals surface area contributed by atoms with Gasteiger partial charge in [-0.25, -0.2) is 22.0 Å². The molecule has 1 heterocycles. The van der Waals surface area contributed by atoms with Crippen LogP contribution in [0, 0.1) is 23.0 Å². The highest BCUT2D eigenvalue weighted by Crippen LogP contribution is 2.24. The van der Waals surface area contributed by atoms with Crippen LogP contribution in [0.3, 0.4) is 0 Å². The van der Waals surface area contributed by atoms with E-state index in [0.717, 1.165) is 12.3 Å². The number of amides is 2. The second-order valence-corrected chi connectivity index (χ2v) is 10.5. The number of ketones is 1. The summed E-state index contributed by atoms with van der Waals surface area (Å²) in [5.74, 6) is -2.55. The van der Waals surface area contributed by atoms with Gasteiger partial charge in [-0.05, 0) is 65.2 Å². The number of halogens is 3. The maximum atomic E-state index is 14.2. The normalized spacial score (nSPS) is 14.6. The smallest absolute Gasteiger partial charge is 0.321 e. The molecule has 176 valence electrons. The van der Waals surface area contributed by atoms with E-state index in [2.05, 4.69) is 26.6 Å². The molecule has 1 fully saturated rings. The first-order valence-corrected chi connectivity index (χ1v) is 12.5. The number of nitrogens with one attached hydrogen (secondary N) is 3. The second-order valence-electron chi connectivity index (χ2n) is 7.60. The predicted molar refractivity (Wildman–Crippen MR) is 123 cm³/mol. The Morgan fingerprint density at radius 1 is 1.06 bits per heavy atom. The minimum absolute atomic E-state index is 0.151. The molecule has 33 heavy (non-hydrogen) atoms. The lowest BCUT2D eigenvalue weighted by atomic mass is 9.92. The molecule has 12 heteroatoms. The molecule has 0 aromatic heterocycles. The number of likely N-dealkylation sites (tertiary alicyclic amines) is 1. The SMILES string of the molecule is CS(=O)(=O)c1ccc(NC(=O)N2CCC(C(=O)C(=N)Nc3ccc(F)c(Br)c3)CC2)c(F)c1. The summed E-state index contributed by atoms with van der Waals surface area (Å²) in [6.45, 7) is 0.446. The number of Topliss-reactive ketones (excluding diaryl/α,β-unsaturated/α-hetero) is 1. The maximum absolute atomic E-state index is 14.2. The van der Waals surface area contributed by atoms with Crippen LogP contribution in [-0.4, -0.2) is 50.3 Å². The molecule has 2 amide bonds. The number of nitrogens with zero attached hydrogens (tertiary/aromatic N) is 1. The molecule has 2 aromatic carbocycles. The molecule has 0 bridgehead atoms. The number of benzene rings is 2. The molecule has 0 saturated carbocycles. The zero-order valence-corrected chi connectivity index (χ0v) is 19.9. The fraction of sp³-hybridized carbons (Fsp3) is 0.286. The van der Waals surface area contributed by atoms with Crippen molar-refractivity contribution in [3.63, 3.8) is 0 Å². The van der Waals surface area contributed by atoms with Crippen molar-refractivity contribution >= 4 is 54.8 Å². The zero-order chi connectivity index (χ0) is 24.3. The molecule has 3 N–H and O–H groups in total. The monoisotopic (exact) mass is 542 g/mol. The molecule has 2 aromatic rings. The Bertz CT molecular complexity index is 1210. The van der Waals surface area contributed by atoms with Crippen LogP contribution < -0.4 is 10.6 Å². The van der Waals surface area contributed by atoms with Crippen molar-refractivity contribution in [3.8, 4) is 0 Å². The Kier molecular flexibility index (Phi) is 7.48. The summed E-state index contributed by atoms with van der Waals surface area (Å²) in [7, 11) is -3.57. The fourth-order valence-corrected chi connectivity index (χ4v) is 4.36. The number of anilines is 2. The minimum Gasteiger partial charge on any atom is -0.338 e. The third-order valence-corrected chi connectivity index (χ3v) is 6.92. The van der Waals surface area contributed by atoms with Crippen LogP contribution in [0.2, 0.25) is 0 Å². The van der Waals surface area contributed by atoms with Gasteiger partial charge >= 0.3 is 6.03 Å². The first-order chi connectivity index (χ1) is 15.5. The first-order valence-electron chi connectivity index (χ1n) is 9.86. The van der Waals surface area contributed by atoms with Gasteiger partial charge < -0.3 is 15.5 Å². The van der Waals surface area contributed by atoms with Crippen LogP contribution >= 0.6 is 15.9 Å². The number of piperidine rings is 1. The van der Waals surface area contributed by atoms with Crippen molar-refractivity contribution in [2.75, 3.05) is 30.0 Å². The van der Waals surface area contributed by atoms with Crippen molar-refractivity contribution in [1.29, 1.82) is 5.41 Å². The van der Waals surface area contributed by atoms with Crippen LogP contribution in [0.1, 0.15) is 12.8 Å². The Hall–Kier alpha value is -2.86. The van der Waals surface area contributed by atoms with E-state index in [1.165, 1.54) is 35.2 Å². The van der Waals surface area contributed by atoms with Gasteiger partial charge in [0.05, 0.1) is 15.1 Å². The largest absolute Gasteiger partial charge is 0.338 e. The molecular formula is C21H21BrF2N4O4S. The van der Waals surface area contributed by atoms with Crippen LogP contribution in [0.15, 0.2) is 45.8 Å². The molecule has 0 aliphatic carbocycles. The van der Waals surface area contributed by atoms with Gasteiger partial charge in [-0.15, -0.1) is 0 Å². The van der Waals surface area contributed by atoms with Gasteiger partial charge in [0.15, 0.2) is 15.7 Å². The van der Waals surface area contributed by atoms with Crippen molar-refractivity contribution < 1.29 is 26.8 Å². The van der Waals surface area contributed by atoms with Gasteiger partial charge in [0.1, 0.15) is 11.6 Å². The molecule has 1 aliphatic heterocycles. The van der Waals surface area contributed by atoms with Gasteiger partial charge in [0.2, 0.25) is 5.78 Å². The van der Waals surface area contributed by atoms with Crippen molar-refractivity contribution in [1.82, 2.24) is 4.90 Å². The zero-order valence-electron chi connectivity index (χ0n) is 17.5. The lowest BCUT2D eigenvalue weighted by Gasteiger charge is -2.31. The number of carbonyl (C=O) groups is 2. The summed E-state index contributed by atoms with van der Waals surface area (Å²) >= 11 is 3.05. The standard InChI is InChI=1S/C21H21BrF2N4O4S/c1-33(31,32)14-3-5-18(17(24)11-14)27-21(30)28-8-6-12(7-9-28)19(29)20(25)26-13-2-4-16(23)15(22)10-13/h2-5,10-12H,6-9H2,1H3,(H2,25,26)(H,27,30). The summed E-state index contributed by atoms with van der Waals surface area (Å²) in [5.41, 5.74) is 0.240. The van der Waals surface area contributed by atoms with E-state index in [1.807, 2.05) is 0 Å². The number of amidine groups is 1. The Morgan fingerprint density at radius 2 is 1.73 bits per heavy atom. The topological polar surface area (TPSA) is 119 Å². The fourth-order valence-electron chi connectivity index (χ4n) is 3.35. The summed E-state index contributed by atoms with van der Waals surface area (Å²) in [5, 5.41) is 13.1. The summed E-state index contributed by atoms with van der Waals surface area (Å²) in [4.78, 5) is 26.3. The van der Waals surface area contributed by atoms with Gasteiger partial charge in [-0.1, -0.05) is 0 Å². The molecule has 0 unspecified atom stereocenters. The van der Waals surface area contributed by atoms with Crippen LogP contribution in [0.4, 0.5) is 25.0 Å². The van der Waals surface area contributed by atoms with Gasteiger partial charge in [-0.2, -0.15) is 0 Å². The van der Waals surface area contributed by atoms with Crippen molar-refractivity contribution in [2.24, 2.45) is 5.92 Å². The number of carbonyl (C=O) groups excluding carboxylic acids is 2. The second kappa shape index (κ2) is 9.96. The predicted octanol–water partition coefficient (Wildman–Crippen LogP) is 4.03. The van der Waals surface area contributed by atoms with Gasteiger partial charge in [-0.3, -0.25) is 10.2 Å². The molecule has 0 radical (unpaired) electrons. The number of hydrogen-bond acceptors (Lipinski definition) is 5. The van der Waals surface area contributed by atoms with Crippen LogP contribution in [-0.2, 0) is 14.6 Å². The molecule has 8 nitrogen and oxygen atoms in total. The maximum Gasteiger partial charge on any atom is 0.321 e. The lowest BCUT2D eigenvalue weighted by Crippen LogP contribution is -2.44. The van der Waals surface area contributed by atoms with Crippen LogP contribution in [0.25, 0.3) is 0 Å². The number of urea groups is 1. The molecule has 1 saturated heterocycles. The third-order valence-electron chi connectivity index (χ3n) is 5.20. The average molecular weight is 543 g/mol. The van der Waals surface area contributed by atoms with Gasteiger partial charge in [0, 0.05) is 31.0 Å². The van der Waals surface area contributed by atoms with Crippen molar-refractivity contribution in [3.05, 3.63) is 52.5 Å². The highest BCUT2D eigenvalue weighted by atomic mass is 79.9. The van der Waals surface area contributed by atoms with Crippen LogP contribution in [0.5, 0.6) is 0 Å². The molecule has 1 aliphatic rings. The Balaban J connectivity index is 1.54. The van der Waals surface area contributed by atoms with E-state index in [0.29, 0.717) is 18.5 Å². The minimum atomic E-state index is -3.57. The van der Waals surface area contributed by atoms with E-state index < -0.39 is 39.2 Å². The Morgan fingerprint density at radius 3 is 2.30 bits per heavy atom. The highest BCUT2D eigenvalue weighted by Gasteiger charge is 2.30. The van der Waals surface area contributed by atoms with E-state index in [9.17, 15) is 26.8 Å². The van der Waals surface area contributed by atoms with Crippen molar-refractivity contribution in [2.45, 2.75) is 17.7 Å². The summed E-state index contributed by atoms with van der Waals surface area (Å²) in [6, 6.07) is 6.70. The summed E-state index contributed by atoms with van der Waals surface area (Å²) < 4.78 is 50.7. The number of hydrogen-bond donors (Lipinski definition) is 3. The lowest BCUT2D eigenvalue weighted by molar-refractivity contribution is -0.117. The van der Waals surface area contributed by atoms with E-state index in [-0.39, 0.29) is 34.0 Å². The van der Waals surface area contributed by atoms with E-state index in [1.54, 1.807) is 0 Å². The molecule has 0 atom stereocenters. The number of sulfone groups is 1. The molecule has 3 rings (SSSR count). The van der Waals surface area contributed by atoms with E-state index in [4.69, 9.17) is 5.41 Å². The average Bonchev–Trinajstić information content (AvgIpc) is 2.76. The highest BCUT2D eigenvalue weighted by molar-refractivity contribution is 9.10. The molecule has 0 spiro atoms. The third kappa shape index (κ3) is 6.14. The summed E-state index contributed by atoms with van der Waals surface area (Å²) in [6.07, 6.45) is 1.59. The first kappa shape index (κ1) is 24.8. The Labute approximate surface area is 197 Å². The van der Waals surface area contributed by atoms with E-state index >= 15 is 0 Å². The van der Waals surface area contributed by atoms with Gasteiger partial charge in [0.25, 0.3) is 0 Å². The quantitative estimate of drug-likeness (QED) is 0.389. The molecular weight excluding hydrogens is 522 g/mol.